The summed E-state index contributed by atoms with van der Waals surface area (Å²) in [7, 11) is 0. The molecule has 4 nitrogen and oxygen atoms in total. The molecule has 0 aromatic heterocycles. The van der Waals surface area contributed by atoms with Gasteiger partial charge in [-0.05, 0) is 33.3 Å². The Morgan fingerprint density at radius 1 is 1.17 bits per heavy atom. The smallest absolute Gasteiger partial charge is 0.410 e. The van der Waals surface area contributed by atoms with Gasteiger partial charge in [0, 0.05) is 23.8 Å². The van der Waals surface area contributed by atoms with E-state index < -0.39 is 28.0 Å². The number of alkyl halides is 2. The number of amides is 1. The molecule has 0 N–H and O–H groups in total. The molecule has 0 aliphatic heterocycles. The predicted molar refractivity (Wildman–Crippen MR) is 124 cm³/mol. The second kappa shape index (κ2) is 10.7. The van der Waals surface area contributed by atoms with Crippen molar-refractivity contribution < 1.29 is 14.3 Å². The molecule has 0 saturated carbocycles. The minimum Gasteiger partial charge on any atom is -0.444 e. The normalized spacial score (nSPS) is 14.2. The summed E-state index contributed by atoms with van der Waals surface area (Å²) in [4.78, 5) is 27.2. The number of hydrogen-bond acceptors (Lipinski definition) is 4. The van der Waals surface area contributed by atoms with E-state index >= 15 is 0 Å². The first-order valence-corrected chi connectivity index (χ1v) is 11.2. The molecule has 1 rings (SSSR count). The van der Waals surface area contributed by atoms with Crippen LogP contribution < -0.4 is 0 Å². The standard InChI is InChI=1S/C22H31Cl2NO3S/c1-8-18(22(23,24)19(26)29-15(2)3)16(4)25(20(27)28-21(5,6)7)14-17-12-10-9-11-13-17/h8-13,15-16,18H,1,14H2,2-7H3/t16-,18+/m0/s1. The summed E-state index contributed by atoms with van der Waals surface area (Å²) >= 11 is 14.1. The fourth-order valence-corrected chi connectivity index (χ4v) is 4.28. The SMILES string of the molecule is C=C[C@H]([C@H](C)N(Cc1ccccc1)C(=O)OC(C)(C)C)C(Cl)(Cl)C(=O)SC(C)C. The molecular weight excluding hydrogens is 429 g/mol. The molecule has 0 heterocycles. The van der Waals surface area contributed by atoms with Crippen molar-refractivity contribution in [1.82, 2.24) is 4.90 Å². The van der Waals surface area contributed by atoms with Crippen LogP contribution in [0.4, 0.5) is 4.79 Å². The minimum absolute atomic E-state index is 0.0337. The molecule has 1 amide bonds. The summed E-state index contributed by atoms with van der Waals surface area (Å²) in [5.41, 5.74) is 0.253. The first-order valence-electron chi connectivity index (χ1n) is 9.54. The fourth-order valence-electron chi connectivity index (χ4n) is 2.75. The lowest BCUT2D eigenvalue weighted by molar-refractivity contribution is -0.112. The molecule has 2 atom stereocenters. The van der Waals surface area contributed by atoms with E-state index in [0.29, 0.717) is 0 Å². The average molecular weight is 460 g/mol. The van der Waals surface area contributed by atoms with Crippen LogP contribution in [0.2, 0.25) is 0 Å². The molecule has 29 heavy (non-hydrogen) atoms. The van der Waals surface area contributed by atoms with Gasteiger partial charge in [-0.3, -0.25) is 4.79 Å². The Morgan fingerprint density at radius 3 is 2.17 bits per heavy atom. The van der Waals surface area contributed by atoms with Gasteiger partial charge in [0.2, 0.25) is 5.12 Å². The van der Waals surface area contributed by atoms with E-state index in [-0.39, 0.29) is 16.9 Å². The van der Waals surface area contributed by atoms with Gasteiger partial charge in [-0.2, -0.15) is 0 Å². The maximum Gasteiger partial charge on any atom is 0.410 e. The van der Waals surface area contributed by atoms with Crippen LogP contribution in [0.25, 0.3) is 0 Å². The van der Waals surface area contributed by atoms with Crippen LogP contribution in [0.1, 0.15) is 47.1 Å². The number of thioether (sulfide) groups is 1. The number of hydrogen-bond donors (Lipinski definition) is 0. The molecule has 0 bridgehead atoms. The Bertz CT molecular complexity index is 702. The third-order valence-electron chi connectivity index (χ3n) is 4.12. The molecule has 7 heteroatoms. The zero-order valence-corrected chi connectivity index (χ0v) is 20.3. The number of nitrogens with zero attached hydrogens (tertiary/aromatic N) is 1. The number of carbonyl (C=O) groups is 2. The van der Waals surface area contributed by atoms with Crippen LogP contribution in [0.15, 0.2) is 43.0 Å². The van der Waals surface area contributed by atoms with Crippen molar-refractivity contribution in [3.05, 3.63) is 48.6 Å². The van der Waals surface area contributed by atoms with Crippen molar-refractivity contribution in [2.45, 2.75) is 69.3 Å². The molecule has 0 saturated heterocycles. The zero-order valence-electron chi connectivity index (χ0n) is 17.9. The minimum atomic E-state index is -1.73. The monoisotopic (exact) mass is 459 g/mol. The van der Waals surface area contributed by atoms with Gasteiger partial charge in [0.1, 0.15) is 5.60 Å². The van der Waals surface area contributed by atoms with Crippen LogP contribution in [0, 0.1) is 5.92 Å². The Labute approximate surface area is 189 Å². The molecule has 1 aromatic rings. The quantitative estimate of drug-likeness (QED) is 0.330. The van der Waals surface area contributed by atoms with E-state index in [4.69, 9.17) is 27.9 Å². The van der Waals surface area contributed by atoms with E-state index in [1.807, 2.05) is 44.2 Å². The summed E-state index contributed by atoms with van der Waals surface area (Å²) in [5.74, 6) is -0.694. The highest BCUT2D eigenvalue weighted by Gasteiger charge is 2.46. The topological polar surface area (TPSA) is 46.6 Å². The van der Waals surface area contributed by atoms with Crippen molar-refractivity contribution in [3.63, 3.8) is 0 Å². The third kappa shape index (κ3) is 7.88. The number of carbonyl (C=O) groups excluding carboxylic acids is 2. The second-order valence-corrected chi connectivity index (χ2v) is 11.1. The van der Waals surface area contributed by atoms with Crippen molar-refractivity contribution >= 4 is 46.2 Å². The Balaban J connectivity index is 3.24. The Hall–Kier alpha value is -1.17. The summed E-state index contributed by atoms with van der Waals surface area (Å²) in [6, 6.07) is 9.00. The first kappa shape index (κ1) is 25.9. The second-order valence-electron chi connectivity index (χ2n) is 8.17. The van der Waals surface area contributed by atoms with E-state index in [1.165, 1.54) is 6.08 Å². The molecular formula is C22H31Cl2NO3S. The van der Waals surface area contributed by atoms with Crippen LogP contribution in [-0.4, -0.2) is 37.3 Å². The molecule has 0 fully saturated rings. The molecule has 162 valence electrons. The molecule has 0 unspecified atom stereocenters. The van der Waals surface area contributed by atoms with Gasteiger partial charge >= 0.3 is 6.09 Å². The lowest BCUT2D eigenvalue weighted by Crippen LogP contribution is -2.50. The maximum atomic E-state index is 13.0. The fraction of sp³-hybridized carbons (Fsp3) is 0.545. The highest BCUT2D eigenvalue weighted by Crippen LogP contribution is 2.40. The average Bonchev–Trinajstić information content (AvgIpc) is 2.58. The van der Waals surface area contributed by atoms with Crippen molar-refractivity contribution in [1.29, 1.82) is 0 Å². The van der Waals surface area contributed by atoms with Gasteiger partial charge in [0.25, 0.3) is 0 Å². The maximum absolute atomic E-state index is 13.0. The molecule has 0 spiro atoms. The summed E-state index contributed by atoms with van der Waals surface area (Å²) < 4.78 is 3.87. The summed E-state index contributed by atoms with van der Waals surface area (Å²) in [6.45, 7) is 15.1. The zero-order chi connectivity index (χ0) is 22.4. The highest BCUT2D eigenvalue weighted by atomic mass is 35.5. The molecule has 0 radical (unpaired) electrons. The lowest BCUT2D eigenvalue weighted by Gasteiger charge is -2.38. The van der Waals surface area contributed by atoms with E-state index in [2.05, 4.69) is 6.58 Å². The third-order valence-corrected chi connectivity index (χ3v) is 6.20. The van der Waals surface area contributed by atoms with Gasteiger partial charge < -0.3 is 9.64 Å². The summed E-state index contributed by atoms with van der Waals surface area (Å²) in [5, 5.41) is -0.331. The van der Waals surface area contributed by atoms with E-state index in [9.17, 15) is 9.59 Å². The summed E-state index contributed by atoms with van der Waals surface area (Å²) in [6.07, 6.45) is 1.03. The number of ether oxygens (including phenoxy) is 1. The highest BCUT2D eigenvalue weighted by molar-refractivity contribution is 8.14. The number of rotatable bonds is 8. The van der Waals surface area contributed by atoms with Gasteiger partial charge in [-0.15, -0.1) is 6.58 Å². The number of halogens is 2. The van der Waals surface area contributed by atoms with Gasteiger partial charge in [0.15, 0.2) is 4.33 Å². The van der Waals surface area contributed by atoms with Gasteiger partial charge in [0.05, 0.1) is 0 Å². The molecule has 0 aliphatic carbocycles. The Kier molecular flexibility index (Phi) is 9.58. The van der Waals surface area contributed by atoms with Crippen molar-refractivity contribution in [2.75, 3.05) is 0 Å². The Morgan fingerprint density at radius 2 is 1.72 bits per heavy atom. The van der Waals surface area contributed by atoms with Gasteiger partial charge in [-0.1, -0.05) is 85.2 Å². The van der Waals surface area contributed by atoms with Crippen LogP contribution in [0.3, 0.4) is 0 Å². The molecule has 0 aliphatic rings. The van der Waals surface area contributed by atoms with E-state index in [1.54, 1.807) is 32.6 Å². The lowest BCUT2D eigenvalue weighted by atomic mass is 9.95. The van der Waals surface area contributed by atoms with Crippen LogP contribution in [-0.2, 0) is 16.1 Å². The first-order chi connectivity index (χ1) is 13.3. The molecule has 1 aromatic carbocycles. The number of benzene rings is 1. The van der Waals surface area contributed by atoms with E-state index in [0.717, 1.165) is 17.3 Å². The van der Waals surface area contributed by atoms with Gasteiger partial charge in [-0.25, -0.2) is 4.79 Å². The largest absolute Gasteiger partial charge is 0.444 e. The van der Waals surface area contributed by atoms with Crippen LogP contribution >= 0.6 is 35.0 Å². The van der Waals surface area contributed by atoms with Crippen molar-refractivity contribution in [2.24, 2.45) is 5.92 Å². The predicted octanol–water partition coefficient (Wildman–Crippen LogP) is 6.46. The van der Waals surface area contributed by atoms with Crippen molar-refractivity contribution in [3.8, 4) is 0 Å². The van der Waals surface area contributed by atoms with Crippen LogP contribution in [0.5, 0.6) is 0 Å².